The zero-order valence-corrected chi connectivity index (χ0v) is 12.0. The molecule has 20 heavy (non-hydrogen) atoms. The van der Waals surface area contributed by atoms with Gasteiger partial charge >= 0.3 is 0 Å². The number of amides is 1. The third-order valence-electron chi connectivity index (χ3n) is 3.09. The van der Waals surface area contributed by atoms with E-state index in [0.29, 0.717) is 21.8 Å². The van der Waals surface area contributed by atoms with Crippen LogP contribution in [0.15, 0.2) is 42.5 Å². The standard InChI is InChI=1S/C16H13ClN2O/c1-11-6-7-13(9-15(11)17)16(20)19(2)14-5-3-4-12(8-14)10-18/h3-9H,1-2H3. The summed E-state index contributed by atoms with van der Waals surface area (Å²) in [5, 5.41) is 9.46. The Kier molecular flexibility index (Phi) is 4.07. The molecule has 0 fully saturated rings. The minimum atomic E-state index is -0.165. The van der Waals surface area contributed by atoms with Crippen LogP contribution >= 0.6 is 11.6 Å². The predicted octanol–water partition coefficient (Wildman–Crippen LogP) is 3.80. The van der Waals surface area contributed by atoms with E-state index in [9.17, 15) is 4.79 Å². The number of carbonyl (C=O) groups excluding carboxylic acids is 1. The number of aryl methyl sites for hydroxylation is 1. The fourth-order valence-electron chi connectivity index (χ4n) is 1.82. The molecule has 0 unspecified atom stereocenters. The summed E-state index contributed by atoms with van der Waals surface area (Å²) in [5.41, 5.74) is 2.64. The maximum absolute atomic E-state index is 12.4. The number of nitrogens with zero attached hydrogens (tertiary/aromatic N) is 2. The van der Waals surface area contributed by atoms with Crippen LogP contribution in [0, 0.1) is 18.3 Å². The largest absolute Gasteiger partial charge is 0.311 e. The second-order valence-corrected chi connectivity index (χ2v) is 4.90. The molecular formula is C16H13ClN2O. The highest BCUT2D eigenvalue weighted by Gasteiger charge is 2.14. The highest BCUT2D eigenvalue weighted by atomic mass is 35.5. The zero-order valence-electron chi connectivity index (χ0n) is 11.2. The quantitative estimate of drug-likeness (QED) is 0.842. The molecule has 0 N–H and O–H groups in total. The maximum atomic E-state index is 12.4. The molecule has 0 bridgehead atoms. The smallest absolute Gasteiger partial charge is 0.258 e. The van der Waals surface area contributed by atoms with Gasteiger partial charge in [-0.25, -0.2) is 0 Å². The van der Waals surface area contributed by atoms with Crippen molar-refractivity contribution in [3.05, 3.63) is 64.2 Å². The Labute approximate surface area is 123 Å². The van der Waals surface area contributed by atoms with Gasteiger partial charge in [0, 0.05) is 23.3 Å². The molecule has 2 aromatic rings. The van der Waals surface area contributed by atoms with Crippen molar-refractivity contribution >= 4 is 23.2 Å². The van der Waals surface area contributed by atoms with Crippen LogP contribution in [-0.2, 0) is 0 Å². The molecular weight excluding hydrogens is 272 g/mol. The lowest BCUT2D eigenvalue weighted by molar-refractivity contribution is 0.0993. The number of hydrogen-bond donors (Lipinski definition) is 0. The van der Waals surface area contributed by atoms with Gasteiger partial charge in [-0.05, 0) is 42.8 Å². The first-order valence-electron chi connectivity index (χ1n) is 6.07. The van der Waals surface area contributed by atoms with Crippen molar-refractivity contribution in [1.29, 1.82) is 5.26 Å². The first-order chi connectivity index (χ1) is 9.52. The molecule has 4 heteroatoms. The van der Waals surface area contributed by atoms with Crippen LogP contribution in [0.4, 0.5) is 5.69 Å². The van der Waals surface area contributed by atoms with Crippen LogP contribution in [0.1, 0.15) is 21.5 Å². The molecule has 1 amide bonds. The molecule has 100 valence electrons. The molecule has 3 nitrogen and oxygen atoms in total. The van der Waals surface area contributed by atoms with E-state index in [0.717, 1.165) is 5.56 Å². The van der Waals surface area contributed by atoms with Gasteiger partial charge in [-0.15, -0.1) is 0 Å². The fourth-order valence-corrected chi connectivity index (χ4v) is 2.00. The zero-order chi connectivity index (χ0) is 14.7. The van der Waals surface area contributed by atoms with Gasteiger partial charge in [-0.2, -0.15) is 5.26 Å². The SMILES string of the molecule is Cc1ccc(C(=O)N(C)c2cccc(C#N)c2)cc1Cl. The number of rotatable bonds is 2. The average molecular weight is 285 g/mol. The number of hydrogen-bond acceptors (Lipinski definition) is 2. The van der Waals surface area contributed by atoms with Crippen LogP contribution in [0.25, 0.3) is 0 Å². The molecule has 0 radical (unpaired) electrons. The fraction of sp³-hybridized carbons (Fsp3) is 0.125. The first-order valence-corrected chi connectivity index (χ1v) is 6.45. The number of halogens is 1. The van der Waals surface area contributed by atoms with E-state index in [1.54, 1.807) is 43.4 Å². The molecule has 0 heterocycles. The number of carbonyl (C=O) groups is 1. The summed E-state index contributed by atoms with van der Waals surface area (Å²) < 4.78 is 0. The predicted molar refractivity (Wildman–Crippen MR) is 80.1 cm³/mol. The van der Waals surface area contributed by atoms with Crippen molar-refractivity contribution in [2.24, 2.45) is 0 Å². The van der Waals surface area contributed by atoms with Crippen molar-refractivity contribution in [2.75, 3.05) is 11.9 Å². The van der Waals surface area contributed by atoms with Crippen molar-refractivity contribution in [1.82, 2.24) is 0 Å². The van der Waals surface area contributed by atoms with Gasteiger partial charge in [0.15, 0.2) is 0 Å². The topological polar surface area (TPSA) is 44.1 Å². The van der Waals surface area contributed by atoms with E-state index in [4.69, 9.17) is 16.9 Å². The third kappa shape index (κ3) is 2.81. The molecule has 0 saturated carbocycles. The number of nitriles is 1. The number of benzene rings is 2. The lowest BCUT2D eigenvalue weighted by atomic mass is 10.1. The van der Waals surface area contributed by atoms with Gasteiger partial charge in [-0.1, -0.05) is 23.7 Å². The normalized spacial score (nSPS) is 9.90. The highest BCUT2D eigenvalue weighted by Crippen LogP contribution is 2.21. The van der Waals surface area contributed by atoms with Crippen LogP contribution in [-0.4, -0.2) is 13.0 Å². The van der Waals surface area contributed by atoms with E-state index in [1.807, 2.05) is 13.0 Å². The molecule has 0 saturated heterocycles. The second kappa shape index (κ2) is 5.77. The van der Waals surface area contributed by atoms with Crippen molar-refractivity contribution in [3.63, 3.8) is 0 Å². The van der Waals surface area contributed by atoms with E-state index >= 15 is 0 Å². The van der Waals surface area contributed by atoms with Gasteiger partial charge in [0.2, 0.25) is 0 Å². The first kappa shape index (κ1) is 14.1. The van der Waals surface area contributed by atoms with E-state index in [-0.39, 0.29) is 5.91 Å². The summed E-state index contributed by atoms with van der Waals surface area (Å²) in [4.78, 5) is 13.9. The van der Waals surface area contributed by atoms with Crippen molar-refractivity contribution in [3.8, 4) is 6.07 Å². The molecule has 0 aliphatic rings. The van der Waals surface area contributed by atoms with E-state index in [2.05, 4.69) is 6.07 Å². The van der Waals surface area contributed by atoms with Gasteiger partial charge in [-0.3, -0.25) is 4.79 Å². The summed E-state index contributed by atoms with van der Waals surface area (Å²) in [5.74, 6) is -0.165. The molecule has 0 aliphatic carbocycles. The van der Waals surface area contributed by atoms with Crippen LogP contribution in [0.3, 0.4) is 0 Å². The van der Waals surface area contributed by atoms with Crippen LogP contribution < -0.4 is 4.90 Å². The lowest BCUT2D eigenvalue weighted by Gasteiger charge is -2.18. The summed E-state index contributed by atoms with van der Waals surface area (Å²) in [7, 11) is 1.67. The highest BCUT2D eigenvalue weighted by molar-refractivity contribution is 6.31. The summed E-state index contributed by atoms with van der Waals surface area (Å²) in [6.45, 7) is 1.89. The van der Waals surface area contributed by atoms with Crippen molar-refractivity contribution in [2.45, 2.75) is 6.92 Å². The minimum absolute atomic E-state index is 0.165. The molecule has 2 rings (SSSR count). The monoisotopic (exact) mass is 284 g/mol. The Balaban J connectivity index is 2.32. The number of anilines is 1. The average Bonchev–Trinajstić information content (AvgIpc) is 2.48. The van der Waals surface area contributed by atoms with Gasteiger partial charge in [0.25, 0.3) is 5.91 Å². The third-order valence-corrected chi connectivity index (χ3v) is 3.49. The maximum Gasteiger partial charge on any atom is 0.258 e. The van der Waals surface area contributed by atoms with Gasteiger partial charge in [0.05, 0.1) is 11.6 Å². The summed E-state index contributed by atoms with van der Waals surface area (Å²) in [6.07, 6.45) is 0. The van der Waals surface area contributed by atoms with E-state index in [1.165, 1.54) is 4.90 Å². The molecule has 0 atom stereocenters. The molecule has 0 aromatic heterocycles. The summed E-state index contributed by atoms with van der Waals surface area (Å²) >= 11 is 6.04. The minimum Gasteiger partial charge on any atom is -0.311 e. The van der Waals surface area contributed by atoms with Crippen molar-refractivity contribution < 1.29 is 4.79 Å². The Morgan fingerprint density at radius 3 is 2.65 bits per heavy atom. The molecule has 2 aromatic carbocycles. The second-order valence-electron chi connectivity index (χ2n) is 4.49. The van der Waals surface area contributed by atoms with Gasteiger partial charge < -0.3 is 4.90 Å². The molecule has 0 spiro atoms. The Morgan fingerprint density at radius 1 is 1.25 bits per heavy atom. The van der Waals surface area contributed by atoms with Crippen LogP contribution in [0.5, 0.6) is 0 Å². The summed E-state index contributed by atoms with van der Waals surface area (Å²) in [6, 6.07) is 14.2. The molecule has 0 aliphatic heterocycles. The Morgan fingerprint density at radius 2 is 2.00 bits per heavy atom. The van der Waals surface area contributed by atoms with Gasteiger partial charge in [0.1, 0.15) is 0 Å². The lowest BCUT2D eigenvalue weighted by Crippen LogP contribution is -2.26. The van der Waals surface area contributed by atoms with E-state index < -0.39 is 0 Å². The Hall–Kier alpha value is -2.31. The Bertz CT molecular complexity index is 704. The van der Waals surface area contributed by atoms with Crippen LogP contribution in [0.2, 0.25) is 5.02 Å².